The Kier molecular flexibility index (Phi) is 2.46. The fraction of sp³-hybridized carbons (Fsp3) is 0.615. The summed E-state index contributed by atoms with van der Waals surface area (Å²) < 4.78 is 0. The lowest BCUT2D eigenvalue weighted by Crippen LogP contribution is -2.30. The van der Waals surface area contributed by atoms with Crippen LogP contribution < -0.4 is 10.6 Å². The first-order chi connectivity index (χ1) is 7.84. The summed E-state index contributed by atoms with van der Waals surface area (Å²) in [5.41, 5.74) is 8.54. The predicted molar refractivity (Wildman–Crippen MR) is 66.7 cm³/mol. The van der Waals surface area contributed by atoms with Crippen molar-refractivity contribution in [1.29, 1.82) is 0 Å². The lowest BCUT2D eigenvalue weighted by Gasteiger charge is -2.29. The Morgan fingerprint density at radius 1 is 1.19 bits per heavy atom. The van der Waals surface area contributed by atoms with Gasteiger partial charge < -0.3 is 10.6 Å². The van der Waals surface area contributed by atoms with Gasteiger partial charge in [0.25, 0.3) is 0 Å². The van der Waals surface area contributed by atoms with Gasteiger partial charge in [0.1, 0.15) is 5.82 Å². The smallest absolute Gasteiger partial charge is 0.146 e. The molecule has 2 heterocycles. The number of rotatable bonds is 2. The summed E-state index contributed by atoms with van der Waals surface area (Å²) in [7, 11) is 0. The third-order valence-electron chi connectivity index (χ3n) is 3.66. The van der Waals surface area contributed by atoms with Gasteiger partial charge in [0.05, 0.1) is 5.69 Å². The van der Waals surface area contributed by atoms with Crippen LogP contribution in [-0.4, -0.2) is 18.1 Å². The quantitative estimate of drug-likeness (QED) is 0.827. The first-order valence-electron chi connectivity index (χ1n) is 6.35. The van der Waals surface area contributed by atoms with Gasteiger partial charge in [0.2, 0.25) is 0 Å². The fourth-order valence-corrected chi connectivity index (χ4v) is 2.51. The Bertz CT molecular complexity index is 379. The molecule has 1 aliphatic heterocycles. The lowest BCUT2D eigenvalue weighted by atomic mass is 10.1. The highest BCUT2D eigenvalue weighted by Crippen LogP contribution is 2.41. The van der Waals surface area contributed by atoms with Crippen molar-refractivity contribution in [2.45, 2.75) is 38.0 Å². The Morgan fingerprint density at radius 3 is 2.62 bits per heavy atom. The maximum Gasteiger partial charge on any atom is 0.146 e. The predicted octanol–water partition coefficient (Wildman–Crippen LogP) is 2.53. The van der Waals surface area contributed by atoms with Gasteiger partial charge in [0, 0.05) is 19.3 Å². The summed E-state index contributed by atoms with van der Waals surface area (Å²) >= 11 is 0. The van der Waals surface area contributed by atoms with Gasteiger partial charge in [-0.05, 0) is 49.7 Å². The third-order valence-corrected chi connectivity index (χ3v) is 3.66. The van der Waals surface area contributed by atoms with Crippen molar-refractivity contribution in [2.75, 3.05) is 23.7 Å². The molecule has 0 bridgehead atoms. The number of pyridine rings is 1. The molecule has 0 unspecified atom stereocenters. The molecule has 0 spiro atoms. The molecule has 0 amide bonds. The van der Waals surface area contributed by atoms with Crippen LogP contribution >= 0.6 is 0 Å². The minimum Gasteiger partial charge on any atom is -0.382 e. The van der Waals surface area contributed by atoms with E-state index < -0.39 is 0 Å². The molecular weight excluding hydrogens is 198 g/mol. The molecule has 1 aliphatic carbocycles. The SMILES string of the molecule is Nc1ncc(C2CC2)cc1N1CCCCC1. The molecule has 86 valence electrons. The molecule has 1 aromatic rings. The third kappa shape index (κ3) is 1.86. The molecule has 1 saturated carbocycles. The van der Waals surface area contributed by atoms with Crippen molar-refractivity contribution >= 4 is 11.5 Å². The second kappa shape index (κ2) is 3.96. The van der Waals surface area contributed by atoms with E-state index in [2.05, 4.69) is 16.0 Å². The van der Waals surface area contributed by atoms with E-state index in [0.717, 1.165) is 19.0 Å². The van der Waals surface area contributed by atoms with E-state index in [-0.39, 0.29) is 0 Å². The number of piperidine rings is 1. The number of hydrogen-bond acceptors (Lipinski definition) is 3. The zero-order valence-electron chi connectivity index (χ0n) is 9.65. The van der Waals surface area contributed by atoms with Crippen molar-refractivity contribution in [3.63, 3.8) is 0 Å². The van der Waals surface area contributed by atoms with Crippen LogP contribution in [0.2, 0.25) is 0 Å². The van der Waals surface area contributed by atoms with Gasteiger partial charge in [-0.3, -0.25) is 0 Å². The molecule has 0 radical (unpaired) electrons. The summed E-state index contributed by atoms with van der Waals surface area (Å²) in [5.74, 6) is 1.46. The zero-order chi connectivity index (χ0) is 11.0. The Hall–Kier alpha value is -1.25. The number of aromatic nitrogens is 1. The van der Waals surface area contributed by atoms with E-state index in [0.29, 0.717) is 5.82 Å². The standard InChI is InChI=1S/C13H19N3/c14-13-12(16-6-2-1-3-7-16)8-11(9-15-13)10-4-5-10/h8-10H,1-7H2,(H2,14,15). The molecule has 3 nitrogen and oxygen atoms in total. The highest BCUT2D eigenvalue weighted by atomic mass is 15.2. The van der Waals surface area contributed by atoms with Crippen LogP contribution in [0.1, 0.15) is 43.6 Å². The second-order valence-corrected chi connectivity index (χ2v) is 4.99. The van der Waals surface area contributed by atoms with Gasteiger partial charge >= 0.3 is 0 Å². The van der Waals surface area contributed by atoms with Gasteiger partial charge in [-0.1, -0.05) is 0 Å². The van der Waals surface area contributed by atoms with Crippen LogP contribution in [0.5, 0.6) is 0 Å². The van der Waals surface area contributed by atoms with Crippen LogP contribution in [0, 0.1) is 0 Å². The van der Waals surface area contributed by atoms with Crippen molar-refractivity contribution in [1.82, 2.24) is 4.98 Å². The van der Waals surface area contributed by atoms with Crippen LogP contribution in [-0.2, 0) is 0 Å². The van der Waals surface area contributed by atoms with Crippen molar-refractivity contribution in [3.05, 3.63) is 17.8 Å². The van der Waals surface area contributed by atoms with Gasteiger partial charge in [-0.2, -0.15) is 0 Å². The largest absolute Gasteiger partial charge is 0.382 e. The number of hydrogen-bond donors (Lipinski definition) is 1. The molecule has 0 atom stereocenters. The van der Waals surface area contributed by atoms with Gasteiger partial charge in [-0.15, -0.1) is 0 Å². The second-order valence-electron chi connectivity index (χ2n) is 4.99. The average Bonchev–Trinajstić information content (AvgIpc) is 3.15. The van der Waals surface area contributed by atoms with E-state index in [4.69, 9.17) is 5.73 Å². The molecule has 3 heteroatoms. The molecule has 1 aromatic heterocycles. The Labute approximate surface area is 96.7 Å². The highest BCUT2D eigenvalue weighted by molar-refractivity contribution is 5.64. The Balaban J connectivity index is 1.88. The topological polar surface area (TPSA) is 42.1 Å². The summed E-state index contributed by atoms with van der Waals surface area (Å²) in [6.07, 6.45) is 8.53. The van der Waals surface area contributed by atoms with Gasteiger partial charge in [-0.25, -0.2) is 4.98 Å². The van der Waals surface area contributed by atoms with E-state index in [1.165, 1.54) is 43.4 Å². The minimum atomic E-state index is 0.700. The minimum absolute atomic E-state index is 0.700. The van der Waals surface area contributed by atoms with E-state index in [9.17, 15) is 0 Å². The van der Waals surface area contributed by atoms with Crippen molar-refractivity contribution < 1.29 is 0 Å². The molecule has 2 fully saturated rings. The van der Waals surface area contributed by atoms with Crippen molar-refractivity contribution in [2.24, 2.45) is 0 Å². The maximum absolute atomic E-state index is 5.99. The number of nitrogens with two attached hydrogens (primary N) is 1. The number of nitrogen functional groups attached to an aromatic ring is 1. The van der Waals surface area contributed by atoms with Crippen LogP contribution in [0.15, 0.2) is 12.3 Å². The molecule has 1 saturated heterocycles. The molecular formula is C13H19N3. The lowest BCUT2D eigenvalue weighted by molar-refractivity contribution is 0.577. The number of anilines is 2. The first-order valence-corrected chi connectivity index (χ1v) is 6.35. The van der Waals surface area contributed by atoms with Crippen molar-refractivity contribution in [3.8, 4) is 0 Å². The van der Waals surface area contributed by atoms with Crippen LogP contribution in [0.3, 0.4) is 0 Å². The van der Waals surface area contributed by atoms with Gasteiger partial charge in [0.15, 0.2) is 0 Å². The first kappa shape index (κ1) is 9.94. The fourth-order valence-electron chi connectivity index (χ4n) is 2.51. The molecule has 3 rings (SSSR count). The highest BCUT2D eigenvalue weighted by Gasteiger charge is 2.25. The number of nitrogens with zero attached hydrogens (tertiary/aromatic N) is 2. The van der Waals surface area contributed by atoms with E-state index in [1.807, 2.05) is 6.20 Å². The van der Waals surface area contributed by atoms with Crippen LogP contribution in [0.25, 0.3) is 0 Å². The van der Waals surface area contributed by atoms with Crippen LogP contribution in [0.4, 0.5) is 11.5 Å². The molecule has 2 aliphatic rings. The average molecular weight is 217 g/mol. The summed E-state index contributed by atoms with van der Waals surface area (Å²) in [6, 6.07) is 2.27. The summed E-state index contributed by atoms with van der Waals surface area (Å²) in [6.45, 7) is 2.28. The molecule has 2 N–H and O–H groups in total. The summed E-state index contributed by atoms with van der Waals surface area (Å²) in [5, 5.41) is 0. The zero-order valence-corrected chi connectivity index (χ0v) is 9.65. The summed E-state index contributed by atoms with van der Waals surface area (Å²) in [4.78, 5) is 6.75. The maximum atomic E-state index is 5.99. The molecule has 16 heavy (non-hydrogen) atoms. The normalized spacial score (nSPS) is 21.1. The molecule has 0 aromatic carbocycles. The Morgan fingerprint density at radius 2 is 1.94 bits per heavy atom. The van der Waals surface area contributed by atoms with E-state index >= 15 is 0 Å². The monoisotopic (exact) mass is 217 g/mol. The van der Waals surface area contributed by atoms with E-state index in [1.54, 1.807) is 0 Å².